The summed E-state index contributed by atoms with van der Waals surface area (Å²) in [5.74, 6) is 0.854. The number of hydrogen-bond donors (Lipinski definition) is 1. The number of likely N-dealkylation sites (tertiary alicyclic amines) is 2. The number of ether oxygens (including phenoxy) is 2. The summed E-state index contributed by atoms with van der Waals surface area (Å²) in [6.07, 6.45) is 4.19. The Balaban J connectivity index is 1.57. The van der Waals surface area contributed by atoms with Crippen molar-refractivity contribution in [2.75, 3.05) is 39.9 Å². The number of rotatable bonds is 7. The maximum atomic E-state index is 13.5. The van der Waals surface area contributed by atoms with Crippen molar-refractivity contribution in [3.05, 3.63) is 52.2 Å². The molecule has 2 fully saturated rings. The van der Waals surface area contributed by atoms with E-state index in [0.717, 1.165) is 24.0 Å². The molecule has 2 aliphatic heterocycles. The van der Waals surface area contributed by atoms with Crippen LogP contribution in [0.4, 0.5) is 0 Å². The lowest BCUT2D eigenvalue weighted by Gasteiger charge is -2.43. The van der Waals surface area contributed by atoms with Crippen LogP contribution in [0.5, 0.6) is 11.6 Å². The number of amides is 2. The van der Waals surface area contributed by atoms with Gasteiger partial charge in [-0.3, -0.25) is 9.59 Å². The molecule has 0 bridgehead atoms. The third-order valence-electron chi connectivity index (χ3n) is 7.44. The molecule has 2 amide bonds. The van der Waals surface area contributed by atoms with Gasteiger partial charge in [0.1, 0.15) is 11.3 Å². The van der Waals surface area contributed by atoms with Crippen LogP contribution in [-0.2, 0) is 4.79 Å². The molecule has 1 atom stereocenters. The van der Waals surface area contributed by atoms with Crippen molar-refractivity contribution in [2.45, 2.75) is 52.1 Å². The average molecular weight is 530 g/mol. The zero-order chi connectivity index (χ0) is 26.6. The van der Waals surface area contributed by atoms with Crippen molar-refractivity contribution < 1.29 is 24.2 Å². The second kappa shape index (κ2) is 11.7. The van der Waals surface area contributed by atoms with E-state index < -0.39 is 5.41 Å². The molecule has 200 valence electrons. The topological polar surface area (TPSA) is 92.2 Å². The molecule has 3 heterocycles. The molecule has 37 heavy (non-hydrogen) atoms. The predicted molar refractivity (Wildman–Crippen MR) is 141 cm³/mol. The zero-order valence-corrected chi connectivity index (χ0v) is 22.6. The molecule has 1 aromatic heterocycles. The number of methoxy groups -OCH3 is 1. The van der Waals surface area contributed by atoms with Crippen molar-refractivity contribution in [3.8, 4) is 11.6 Å². The Morgan fingerprint density at radius 3 is 2.54 bits per heavy atom. The van der Waals surface area contributed by atoms with Crippen molar-refractivity contribution in [3.63, 3.8) is 0 Å². The Bertz CT molecular complexity index is 1110. The predicted octanol–water partition coefficient (Wildman–Crippen LogP) is 4.04. The number of halogens is 1. The summed E-state index contributed by atoms with van der Waals surface area (Å²) < 4.78 is 11.6. The van der Waals surface area contributed by atoms with E-state index in [9.17, 15) is 14.7 Å². The van der Waals surface area contributed by atoms with Crippen LogP contribution in [0, 0.1) is 19.3 Å². The number of aliphatic hydroxyl groups is 1. The summed E-state index contributed by atoms with van der Waals surface area (Å²) in [5.41, 5.74) is 1.70. The Hall–Kier alpha value is -2.84. The molecule has 8 nitrogen and oxygen atoms in total. The average Bonchev–Trinajstić information content (AvgIpc) is 2.90. The fourth-order valence-electron chi connectivity index (χ4n) is 5.35. The van der Waals surface area contributed by atoms with Gasteiger partial charge in [0.25, 0.3) is 5.91 Å². The lowest BCUT2D eigenvalue weighted by Crippen LogP contribution is -2.51. The molecule has 0 aliphatic carbocycles. The minimum absolute atomic E-state index is 0.0345. The molecular formula is C28H36ClN3O5. The molecule has 2 saturated heterocycles. The van der Waals surface area contributed by atoms with E-state index in [-0.39, 0.29) is 30.2 Å². The van der Waals surface area contributed by atoms with Gasteiger partial charge in [0.05, 0.1) is 19.8 Å². The second-order valence-electron chi connectivity index (χ2n) is 10.3. The van der Waals surface area contributed by atoms with Gasteiger partial charge in [-0.1, -0.05) is 11.6 Å². The number of aryl methyl sites for hydroxylation is 2. The van der Waals surface area contributed by atoms with Gasteiger partial charge >= 0.3 is 0 Å². The van der Waals surface area contributed by atoms with Crippen LogP contribution in [0.3, 0.4) is 0 Å². The van der Waals surface area contributed by atoms with Crippen LogP contribution in [0.2, 0.25) is 5.02 Å². The highest BCUT2D eigenvalue weighted by Crippen LogP contribution is 2.37. The molecule has 4 rings (SSSR count). The lowest BCUT2D eigenvalue weighted by atomic mass is 9.77. The first-order valence-electron chi connectivity index (χ1n) is 12.8. The first-order chi connectivity index (χ1) is 17.7. The van der Waals surface area contributed by atoms with Crippen LogP contribution >= 0.6 is 11.6 Å². The molecule has 0 radical (unpaired) electrons. The summed E-state index contributed by atoms with van der Waals surface area (Å²) in [6.45, 7) is 6.23. The highest BCUT2D eigenvalue weighted by Gasteiger charge is 2.42. The van der Waals surface area contributed by atoms with E-state index >= 15 is 0 Å². The van der Waals surface area contributed by atoms with E-state index in [0.29, 0.717) is 62.0 Å². The Kier molecular flexibility index (Phi) is 8.60. The van der Waals surface area contributed by atoms with Gasteiger partial charge in [-0.25, -0.2) is 4.98 Å². The highest BCUT2D eigenvalue weighted by molar-refractivity contribution is 6.32. The highest BCUT2D eigenvalue weighted by atomic mass is 35.5. The first-order valence-corrected chi connectivity index (χ1v) is 13.2. The van der Waals surface area contributed by atoms with Crippen molar-refractivity contribution in [2.24, 2.45) is 5.41 Å². The number of piperidine rings is 2. The number of aliphatic hydroxyl groups excluding tert-OH is 1. The normalized spacial score (nSPS) is 20.6. The molecule has 1 aromatic carbocycles. The molecule has 0 spiro atoms. The van der Waals surface area contributed by atoms with Crippen molar-refractivity contribution in [1.82, 2.24) is 14.8 Å². The Labute approximate surface area is 223 Å². The minimum atomic E-state index is -0.558. The fraction of sp³-hybridized carbons (Fsp3) is 0.536. The van der Waals surface area contributed by atoms with E-state index in [1.54, 1.807) is 23.2 Å². The lowest BCUT2D eigenvalue weighted by molar-refractivity contribution is -0.137. The van der Waals surface area contributed by atoms with E-state index in [2.05, 4.69) is 4.98 Å². The molecule has 0 saturated carbocycles. The Morgan fingerprint density at radius 2 is 1.86 bits per heavy atom. The van der Waals surface area contributed by atoms with Crippen LogP contribution in [0.15, 0.2) is 30.5 Å². The minimum Gasteiger partial charge on any atom is -0.493 e. The molecule has 0 unspecified atom stereocenters. The third-order valence-corrected chi connectivity index (χ3v) is 8.04. The maximum absolute atomic E-state index is 13.5. The first kappa shape index (κ1) is 27.2. The summed E-state index contributed by atoms with van der Waals surface area (Å²) in [6, 6.07) is 7.24. The van der Waals surface area contributed by atoms with Crippen molar-refractivity contribution >= 4 is 23.4 Å². The maximum Gasteiger partial charge on any atom is 0.259 e. The standard InChI is InChI=1S/C28H36ClN3O5/c1-19-14-22(15-20(2)25(19)29)37-18-28(16-24(34)31-12-7-21(33)8-13-31)9-5-11-32(17-28)27(35)23-6-4-10-30-26(23)36-3/h4,6,10,14-15,21,33H,5,7-9,11-13,16-18H2,1-3H3/t28-/m1/s1. The van der Waals surface area contributed by atoms with E-state index in [4.69, 9.17) is 21.1 Å². The number of pyridine rings is 1. The van der Waals surface area contributed by atoms with Crippen LogP contribution in [0.1, 0.15) is 53.6 Å². The molecule has 9 heteroatoms. The fourth-order valence-corrected chi connectivity index (χ4v) is 5.46. The molecule has 2 aromatic rings. The largest absolute Gasteiger partial charge is 0.493 e. The van der Waals surface area contributed by atoms with Gasteiger partial charge in [0.2, 0.25) is 11.8 Å². The molecule has 2 aliphatic rings. The van der Waals surface area contributed by atoms with Crippen LogP contribution < -0.4 is 9.47 Å². The molecular weight excluding hydrogens is 494 g/mol. The van der Waals surface area contributed by atoms with Crippen LogP contribution in [0.25, 0.3) is 0 Å². The SMILES string of the molecule is COc1ncccc1C(=O)N1CCC[C@@](COc2cc(C)c(Cl)c(C)c2)(CC(=O)N2CCC(O)CC2)C1. The van der Waals surface area contributed by atoms with Gasteiger partial charge in [-0.05, 0) is 74.9 Å². The third kappa shape index (κ3) is 6.36. The van der Waals surface area contributed by atoms with E-state index in [1.807, 2.05) is 30.9 Å². The monoisotopic (exact) mass is 529 g/mol. The second-order valence-corrected chi connectivity index (χ2v) is 10.7. The van der Waals surface area contributed by atoms with Crippen LogP contribution in [-0.4, -0.2) is 77.7 Å². The van der Waals surface area contributed by atoms with E-state index in [1.165, 1.54) is 7.11 Å². The number of nitrogens with zero attached hydrogens (tertiary/aromatic N) is 3. The van der Waals surface area contributed by atoms with Gasteiger partial charge in [0.15, 0.2) is 0 Å². The van der Waals surface area contributed by atoms with Gasteiger partial charge in [0, 0.05) is 49.2 Å². The number of carbonyl (C=O) groups excluding carboxylic acids is 2. The number of aromatic nitrogens is 1. The summed E-state index contributed by atoms with van der Waals surface area (Å²) >= 11 is 6.34. The number of carbonyl (C=O) groups is 2. The summed E-state index contributed by atoms with van der Waals surface area (Å²) in [7, 11) is 1.50. The zero-order valence-electron chi connectivity index (χ0n) is 21.8. The summed E-state index contributed by atoms with van der Waals surface area (Å²) in [4.78, 5) is 34.7. The van der Waals surface area contributed by atoms with Gasteiger partial charge < -0.3 is 24.4 Å². The van der Waals surface area contributed by atoms with Crippen molar-refractivity contribution in [1.29, 1.82) is 0 Å². The van der Waals surface area contributed by atoms with Gasteiger partial charge in [-0.2, -0.15) is 0 Å². The summed E-state index contributed by atoms with van der Waals surface area (Å²) in [5, 5.41) is 10.6. The quantitative estimate of drug-likeness (QED) is 0.582. The molecule has 1 N–H and O–H groups in total. The number of hydrogen-bond acceptors (Lipinski definition) is 6. The Morgan fingerprint density at radius 1 is 1.16 bits per heavy atom. The smallest absolute Gasteiger partial charge is 0.259 e. The van der Waals surface area contributed by atoms with Gasteiger partial charge in [-0.15, -0.1) is 0 Å². The number of benzene rings is 1.